The maximum atomic E-state index is 12.9. The third kappa shape index (κ3) is 4.28. The standard InChI is InChI=1S/C23H28N6O3/c1-15(30)29-10-6-9-19(29)22-25-17(11-20(24-2)26-22)13-27(3)21(31)14-28-12-16-7-4-5-8-18(16)23(28)32/h4-5,7-8,11,19H,6,9-10,12-14H2,1-3H3,(H,24,25,26)/t19-/m0/s1. The highest BCUT2D eigenvalue weighted by atomic mass is 16.2. The summed E-state index contributed by atoms with van der Waals surface area (Å²) < 4.78 is 0. The Kier molecular flexibility index (Phi) is 6.07. The molecule has 1 saturated heterocycles. The zero-order valence-corrected chi connectivity index (χ0v) is 18.7. The lowest BCUT2D eigenvalue weighted by atomic mass is 10.1. The summed E-state index contributed by atoms with van der Waals surface area (Å²) >= 11 is 0. The summed E-state index contributed by atoms with van der Waals surface area (Å²) in [6.07, 6.45) is 1.73. The van der Waals surface area contributed by atoms with Crippen molar-refractivity contribution in [1.29, 1.82) is 0 Å². The molecule has 0 spiro atoms. The number of carbonyl (C=O) groups is 3. The molecule has 32 heavy (non-hydrogen) atoms. The molecule has 2 aliphatic rings. The van der Waals surface area contributed by atoms with Gasteiger partial charge in [-0.1, -0.05) is 18.2 Å². The molecule has 9 nitrogen and oxygen atoms in total. The smallest absolute Gasteiger partial charge is 0.254 e. The highest BCUT2D eigenvalue weighted by Gasteiger charge is 2.31. The van der Waals surface area contributed by atoms with Crippen LogP contribution in [0, 0.1) is 0 Å². The molecule has 0 saturated carbocycles. The van der Waals surface area contributed by atoms with E-state index < -0.39 is 0 Å². The lowest BCUT2D eigenvalue weighted by Gasteiger charge is -2.24. The van der Waals surface area contributed by atoms with Gasteiger partial charge < -0.3 is 20.0 Å². The first-order valence-corrected chi connectivity index (χ1v) is 10.8. The second-order valence-electron chi connectivity index (χ2n) is 8.29. The van der Waals surface area contributed by atoms with Crippen molar-refractivity contribution >= 4 is 23.5 Å². The van der Waals surface area contributed by atoms with E-state index in [1.165, 1.54) is 0 Å². The lowest BCUT2D eigenvalue weighted by Crippen LogP contribution is -2.38. The number of hydrogen-bond donors (Lipinski definition) is 1. The van der Waals surface area contributed by atoms with E-state index in [1.54, 1.807) is 47.9 Å². The first-order chi connectivity index (χ1) is 15.4. The van der Waals surface area contributed by atoms with E-state index in [9.17, 15) is 14.4 Å². The van der Waals surface area contributed by atoms with Gasteiger partial charge >= 0.3 is 0 Å². The monoisotopic (exact) mass is 436 g/mol. The SMILES string of the molecule is CNc1cc(CN(C)C(=O)CN2Cc3ccccc3C2=O)nc([C@@H]2CCCN2C(C)=O)n1. The Balaban J connectivity index is 1.46. The van der Waals surface area contributed by atoms with Crippen molar-refractivity contribution in [3.63, 3.8) is 0 Å². The summed E-state index contributed by atoms with van der Waals surface area (Å²) in [5.41, 5.74) is 2.29. The van der Waals surface area contributed by atoms with E-state index in [2.05, 4.69) is 15.3 Å². The summed E-state index contributed by atoms with van der Waals surface area (Å²) in [6.45, 7) is 3.00. The van der Waals surface area contributed by atoms with Crippen molar-refractivity contribution in [2.45, 2.75) is 38.9 Å². The number of anilines is 1. The Morgan fingerprint density at radius 1 is 1.25 bits per heavy atom. The Bertz CT molecular complexity index is 1060. The van der Waals surface area contributed by atoms with Crippen LogP contribution in [-0.4, -0.2) is 69.6 Å². The van der Waals surface area contributed by atoms with Gasteiger partial charge in [-0.15, -0.1) is 0 Å². The molecule has 0 radical (unpaired) electrons. The van der Waals surface area contributed by atoms with E-state index in [-0.39, 0.29) is 36.9 Å². The van der Waals surface area contributed by atoms with E-state index in [1.807, 2.05) is 18.2 Å². The third-order valence-electron chi connectivity index (χ3n) is 6.06. The molecule has 2 aliphatic heterocycles. The van der Waals surface area contributed by atoms with Crippen LogP contribution in [0.15, 0.2) is 30.3 Å². The van der Waals surface area contributed by atoms with Crippen LogP contribution in [0.5, 0.6) is 0 Å². The summed E-state index contributed by atoms with van der Waals surface area (Å²) in [5.74, 6) is 0.964. The third-order valence-corrected chi connectivity index (χ3v) is 6.06. The molecule has 3 heterocycles. The molecule has 1 N–H and O–H groups in total. The van der Waals surface area contributed by atoms with Gasteiger partial charge in [0.05, 0.1) is 18.3 Å². The summed E-state index contributed by atoms with van der Waals surface area (Å²) in [6, 6.07) is 9.08. The molecule has 168 valence electrons. The van der Waals surface area contributed by atoms with Crippen LogP contribution in [0.3, 0.4) is 0 Å². The van der Waals surface area contributed by atoms with Gasteiger partial charge in [0.2, 0.25) is 11.8 Å². The van der Waals surface area contributed by atoms with Gasteiger partial charge in [-0.2, -0.15) is 0 Å². The number of aromatic nitrogens is 2. The van der Waals surface area contributed by atoms with Crippen LogP contribution in [0.4, 0.5) is 5.82 Å². The zero-order chi connectivity index (χ0) is 22.8. The average Bonchev–Trinajstić information content (AvgIpc) is 3.39. The highest BCUT2D eigenvalue weighted by Crippen LogP contribution is 2.30. The van der Waals surface area contributed by atoms with Gasteiger partial charge in [-0.25, -0.2) is 9.97 Å². The number of carbonyl (C=O) groups excluding carboxylic acids is 3. The molecule has 1 aromatic heterocycles. The maximum Gasteiger partial charge on any atom is 0.254 e. The average molecular weight is 437 g/mol. The number of hydrogen-bond acceptors (Lipinski definition) is 6. The number of benzene rings is 1. The number of amides is 3. The predicted octanol–water partition coefficient (Wildman–Crippen LogP) is 1.82. The van der Waals surface area contributed by atoms with Crippen LogP contribution < -0.4 is 5.32 Å². The summed E-state index contributed by atoms with van der Waals surface area (Å²) in [7, 11) is 3.48. The molecule has 0 bridgehead atoms. The molecular weight excluding hydrogens is 408 g/mol. The maximum absolute atomic E-state index is 12.9. The Labute approximate surface area is 187 Å². The molecular formula is C23H28N6O3. The van der Waals surface area contributed by atoms with Crippen molar-refractivity contribution in [2.24, 2.45) is 0 Å². The fourth-order valence-electron chi connectivity index (χ4n) is 4.35. The number of nitrogens with one attached hydrogen (secondary N) is 1. The Morgan fingerprint density at radius 2 is 2.03 bits per heavy atom. The van der Waals surface area contributed by atoms with Crippen molar-refractivity contribution in [1.82, 2.24) is 24.7 Å². The van der Waals surface area contributed by atoms with Gasteiger partial charge in [0.25, 0.3) is 5.91 Å². The van der Waals surface area contributed by atoms with Crippen molar-refractivity contribution in [3.05, 3.63) is 53.0 Å². The Hall–Kier alpha value is -3.49. The van der Waals surface area contributed by atoms with E-state index in [0.717, 1.165) is 18.4 Å². The fraction of sp³-hybridized carbons (Fsp3) is 0.435. The molecule has 0 aliphatic carbocycles. The summed E-state index contributed by atoms with van der Waals surface area (Å²) in [5, 5.41) is 3.04. The molecule has 4 rings (SSSR count). The molecule has 0 unspecified atom stereocenters. The molecule has 2 aromatic rings. The van der Waals surface area contributed by atoms with Crippen molar-refractivity contribution in [3.8, 4) is 0 Å². The number of rotatable bonds is 6. The minimum atomic E-state index is -0.163. The van der Waals surface area contributed by atoms with Crippen molar-refractivity contribution in [2.75, 3.05) is 32.5 Å². The number of likely N-dealkylation sites (tertiary alicyclic amines) is 1. The number of fused-ring (bicyclic) bond motifs is 1. The summed E-state index contributed by atoms with van der Waals surface area (Å²) in [4.78, 5) is 51.6. The van der Waals surface area contributed by atoms with Gasteiger partial charge in [-0.3, -0.25) is 14.4 Å². The second-order valence-corrected chi connectivity index (χ2v) is 8.29. The second kappa shape index (κ2) is 8.94. The molecule has 9 heteroatoms. The quantitative estimate of drug-likeness (QED) is 0.742. The minimum Gasteiger partial charge on any atom is -0.373 e. The van der Waals surface area contributed by atoms with E-state index >= 15 is 0 Å². The van der Waals surface area contributed by atoms with Crippen molar-refractivity contribution < 1.29 is 14.4 Å². The van der Waals surface area contributed by atoms with E-state index in [0.29, 0.717) is 36.0 Å². The first kappa shape index (κ1) is 21.7. The molecule has 1 aromatic carbocycles. The van der Waals surface area contributed by atoms with Gasteiger partial charge in [-0.05, 0) is 24.5 Å². The van der Waals surface area contributed by atoms with Crippen LogP contribution in [0.25, 0.3) is 0 Å². The minimum absolute atomic E-state index is 0.0103. The number of likely N-dealkylation sites (N-methyl/N-ethyl adjacent to an activating group) is 1. The van der Waals surface area contributed by atoms with Crippen LogP contribution in [0.1, 0.15) is 53.2 Å². The molecule has 3 amide bonds. The van der Waals surface area contributed by atoms with Gasteiger partial charge in [0.1, 0.15) is 12.4 Å². The highest BCUT2D eigenvalue weighted by molar-refractivity contribution is 6.00. The Morgan fingerprint density at radius 3 is 2.75 bits per heavy atom. The first-order valence-electron chi connectivity index (χ1n) is 10.8. The van der Waals surface area contributed by atoms with Gasteiger partial charge in [0, 0.05) is 45.7 Å². The molecule has 1 fully saturated rings. The predicted molar refractivity (Wildman–Crippen MR) is 119 cm³/mol. The molecule has 1 atom stereocenters. The van der Waals surface area contributed by atoms with Crippen LogP contribution >= 0.6 is 0 Å². The van der Waals surface area contributed by atoms with E-state index in [4.69, 9.17) is 0 Å². The fourth-order valence-corrected chi connectivity index (χ4v) is 4.35. The van der Waals surface area contributed by atoms with Crippen LogP contribution in [-0.2, 0) is 22.7 Å². The van der Waals surface area contributed by atoms with Gasteiger partial charge in [0.15, 0.2) is 5.82 Å². The number of nitrogens with zero attached hydrogens (tertiary/aromatic N) is 5. The van der Waals surface area contributed by atoms with Crippen LogP contribution in [0.2, 0.25) is 0 Å². The zero-order valence-electron chi connectivity index (χ0n) is 18.7. The largest absolute Gasteiger partial charge is 0.373 e. The normalized spacial score (nSPS) is 17.5. The lowest BCUT2D eigenvalue weighted by molar-refractivity contribution is -0.131. The topological polar surface area (TPSA) is 98.7 Å².